The van der Waals surface area contributed by atoms with E-state index in [4.69, 9.17) is 9.60 Å². The summed E-state index contributed by atoms with van der Waals surface area (Å²) in [5, 5.41) is 0.801. The molecular formula is C45H41F2N5+2. The molecule has 0 aliphatic carbocycles. The molecule has 0 N–H and O–H groups in total. The smallest absolute Gasteiger partial charge is 0.292 e. The van der Waals surface area contributed by atoms with E-state index in [0.717, 1.165) is 16.5 Å². The highest BCUT2D eigenvalue weighted by molar-refractivity contribution is 6.07. The molecule has 0 bridgehead atoms. The van der Waals surface area contributed by atoms with Gasteiger partial charge in [-0.3, -0.25) is 9.55 Å². The minimum atomic E-state index is -3.56. The molecule has 5 nitrogen and oxygen atoms in total. The predicted octanol–water partition coefficient (Wildman–Crippen LogP) is 11.5. The average molecular weight is 697 g/mol. The number of rotatable bonds is 5. The minimum absolute atomic E-state index is 0.184. The minimum Gasteiger partial charge on any atom is -0.292 e. The van der Waals surface area contributed by atoms with Crippen molar-refractivity contribution >= 4 is 50.7 Å². The Labute approximate surface area is 312 Å². The molecule has 1 aliphatic heterocycles. The van der Waals surface area contributed by atoms with E-state index in [1.54, 1.807) is 41.1 Å². The summed E-state index contributed by atoms with van der Waals surface area (Å²) < 4.78 is 97.7. The summed E-state index contributed by atoms with van der Waals surface area (Å²) in [6.45, 7) is 9.19. The van der Waals surface area contributed by atoms with Crippen molar-refractivity contribution < 1.29 is 18.4 Å². The zero-order valence-corrected chi connectivity index (χ0v) is 29.7. The molecule has 0 radical (unpaired) electrons. The lowest BCUT2D eigenvalue weighted by atomic mass is 9.84. The van der Waals surface area contributed by atoms with Crippen LogP contribution < -0.4 is 9.15 Å². The first-order valence-corrected chi connectivity index (χ1v) is 17.1. The van der Waals surface area contributed by atoms with Gasteiger partial charge in [0.05, 0.1) is 22.0 Å². The van der Waals surface area contributed by atoms with E-state index in [1.807, 2.05) is 61.7 Å². The summed E-state index contributed by atoms with van der Waals surface area (Å²) in [7, 11) is 0. The molecule has 1 aliphatic rings. The Hall–Kier alpha value is -5.78. The molecule has 0 spiro atoms. The summed E-state index contributed by atoms with van der Waals surface area (Å²) in [5.74, 6) is -2.98. The van der Waals surface area contributed by atoms with E-state index >= 15 is 8.78 Å². The van der Waals surface area contributed by atoms with Gasteiger partial charge in [-0.05, 0) is 68.3 Å². The molecular weight excluding hydrogens is 649 g/mol. The second-order valence-electron chi connectivity index (χ2n) is 15.2. The van der Waals surface area contributed by atoms with E-state index in [1.165, 1.54) is 29.0 Å². The summed E-state index contributed by atoms with van der Waals surface area (Å²) in [4.78, 5) is 9.34. The molecule has 0 atom stereocenters. The number of halogens is 2. The molecule has 0 fully saturated rings. The van der Waals surface area contributed by atoms with Gasteiger partial charge in [0.2, 0.25) is 11.4 Å². The van der Waals surface area contributed by atoms with Crippen molar-refractivity contribution in [2.75, 3.05) is 0 Å². The molecule has 3 aromatic heterocycles. The standard InChI is InChI=1S/C45H41F2N5/c1-29-16-18-34(19-17-29)50-28-51(39-15-11-10-14-38(39)50)35-23-31(44(5,6)7)22-32(24-35)45(46,47)33-25-40-42(49-27-33)36-12-8-9-13-37(36)52(40)41-26-30(20-21-48-41)43(2,3)4/h8-27H,1-7H3/q+2/i1D3,16D,17D,18D,19D. The number of hydrogen-bond donors (Lipinski definition) is 0. The first-order chi connectivity index (χ1) is 27.6. The van der Waals surface area contributed by atoms with Crippen LogP contribution >= 0.6 is 0 Å². The van der Waals surface area contributed by atoms with Crippen LogP contribution in [-0.2, 0) is 16.8 Å². The predicted molar refractivity (Wildman–Crippen MR) is 209 cm³/mol. The third-order valence-electron chi connectivity index (χ3n) is 9.52. The van der Waals surface area contributed by atoms with Gasteiger partial charge in [-0.25, -0.2) is 4.98 Å². The maximum Gasteiger partial charge on any atom is 0.503 e. The van der Waals surface area contributed by atoms with Gasteiger partial charge < -0.3 is 0 Å². The van der Waals surface area contributed by atoms with Gasteiger partial charge in [0.15, 0.2) is 0 Å². The number of alkyl halides is 2. The maximum atomic E-state index is 17.4. The number of hydrogen-bond acceptors (Lipinski definition) is 2. The van der Waals surface area contributed by atoms with Crippen molar-refractivity contribution in [2.45, 2.75) is 65.1 Å². The molecule has 7 heteroatoms. The van der Waals surface area contributed by atoms with Crippen molar-refractivity contribution in [3.8, 4) is 5.82 Å². The normalized spacial score (nSPS) is 15.6. The largest absolute Gasteiger partial charge is 0.503 e. The zero-order chi connectivity index (χ0) is 42.6. The molecule has 0 saturated heterocycles. The third-order valence-corrected chi connectivity index (χ3v) is 9.52. The molecule has 0 saturated carbocycles. The lowest BCUT2D eigenvalue weighted by Crippen LogP contribution is -2.19. The van der Waals surface area contributed by atoms with Gasteiger partial charge in [-0.15, -0.1) is 0 Å². The van der Waals surface area contributed by atoms with E-state index in [2.05, 4.69) is 36.7 Å². The van der Waals surface area contributed by atoms with Gasteiger partial charge in [0.25, 0.3) is 17.3 Å². The van der Waals surface area contributed by atoms with Crippen molar-refractivity contribution in [1.29, 1.82) is 0 Å². The lowest BCUT2D eigenvalue weighted by Gasteiger charge is -2.23. The number of para-hydroxylation sites is 3. The molecule has 8 rings (SSSR count). The molecule has 0 amide bonds. The van der Waals surface area contributed by atoms with Crippen molar-refractivity contribution in [1.82, 2.24) is 23.7 Å². The van der Waals surface area contributed by atoms with Gasteiger partial charge in [-0.2, -0.15) is 8.78 Å². The molecule has 0 unspecified atom stereocenters. The Morgan fingerprint density at radius 2 is 1.33 bits per heavy atom. The van der Waals surface area contributed by atoms with Crippen LogP contribution in [0.4, 0.5) is 31.5 Å². The summed E-state index contributed by atoms with van der Waals surface area (Å²) in [6, 6.07) is 25.1. The number of aromatic nitrogens is 3. The second-order valence-corrected chi connectivity index (χ2v) is 15.2. The Balaban J connectivity index is 1.35. The Kier molecular flexibility index (Phi) is 5.96. The fraction of sp³-hybridized carbons (Fsp3) is 0.222. The van der Waals surface area contributed by atoms with Gasteiger partial charge in [0.1, 0.15) is 5.82 Å². The van der Waals surface area contributed by atoms with E-state index in [0.29, 0.717) is 39.5 Å². The van der Waals surface area contributed by atoms with Gasteiger partial charge in [0, 0.05) is 69.4 Å². The highest BCUT2D eigenvalue weighted by atomic mass is 19.3. The Morgan fingerprint density at radius 3 is 2.02 bits per heavy atom. The fourth-order valence-electron chi connectivity index (χ4n) is 6.61. The van der Waals surface area contributed by atoms with Crippen molar-refractivity contribution in [2.24, 2.45) is 0 Å². The van der Waals surface area contributed by atoms with Crippen LogP contribution in [0.2, 0.25) is 0 Å². The number of benzene rings is 4. The molecule has 258 valence electrons. The number of nitrogens with zero attached hydrogens (tertiary/aromatic N) is 5. The van der Waals surface area contributed by atoms with Gasteiger partial charge in [-0.1, -0.05) is 89.5 Å². The molecule has 7 aromatic rings. The Morgan fingerprint density at radius 1 is 0.673 bits per heavy atom. The first-order valence-electron chi connectivity index (χ1n) is 20.6. The van der Waals surface area contributed by atoms with Crippen LogP contribution in [0.5, 0.6) is 0 Å². The summed E-state index contributed by atoms with van der Waals surface area (Å²) in [5.41, 5.74) is 2.32. The molecule has 52 heavy (non-hydrogen) atoms. The quantitative estimate of drug-likeness (QED) is 0.168. The van der Waals surface area contributed by atoms with Crippen LogP contribution in [0.15, 0.2) is 121 Å². The topological polar surface area (TPSA) is 36.7 Å². The first kappa shape index (κ1) is 26.1. The molecule has 4 heterocycles. The van der Waals surface area contributed by atoms with Gasteiger partial charge >= 0.3 is 6.01 Å². The van der Waals surface area contributed by atoms with Crippen LogP contribution in [0, 0.1) is 6.85 Å². The maximum absolute atomic E-state index is 17.4. The zero-order valence-electron chi connectivity index (χ0n) is 36.7. The van der Waals surface area contributed by atoms with E-state index in [-0.39, 0.29) is 22.2 Å². The van der Waals surface area contributed by atoms with Crippen LogP contribution in [0.3, 0.4) is 0 Å². The third kappa shape index (κ3) is 5.62. The second kappa shape index (κ2) is 11.9. The average Bonchev–Trinajstić information content (AvgIpc) is 3.72. The Bertz CT molecular complexity index is 2940. The summed E-state index contributed by atoms with van der Waals surface area (Å²) in [6.07, 6.45) is 2.95. The van der Waals surface area contributed by atoms with Crippen molar-refractivity contribution in [3.63, 3.8) is 0 Å². The van der Waals surface area contributed by atoms with E-state index in [9.17, 15) is 0 Å². The summed E-state index contributed by atoms with van der Waals surface area (Å²) >= 11 is 0. The van der Waals surface area contributed by atoms with Crippen LogP contribution in [0.25, 0.3) is 27.8 Å². The van der Waals surface area contributed by atoms with E-state index < -0.39 is 47.9 Å². The molecule has 4 aromatic carbocycles. The SMILES string of the molecule is [2H]c1c([2H])c(C([2H])([2H])[2H])c([2H])c([2H])c1[N+]1=C=[N+](c2cc(C(C)(C)C)cc(C(F)(F)c3cnc4c5ccccc5n(-c5cc(C(C)(C)C)ccn5)c4c3)c2)c2ccccc21. The highest BCUT2D eigenvalue weighted by Gasteiger charge is 2.41. The van der Waals surface area contributed by atoms with Crippen LogP contribution in [-0.4, -0.2) is 20.5 Å². The highest BCUT2D eigenvalue weighted by Crippen LogP contribution is 2.43. The number of pyridine rings is 2. The fourth-order valence-corrected chi connectivity index (χ4v) is 6.61. The van der Waals surface area contributed by atoms with Crippen molar-refractivity contribution in [3.05, 3.63) is 149 Å². The monoisotopic (exact) mass is 696 g/mol. The lowest BCUT2D eigenvalue weighted by molar-refractivity contribution is 0.0425. The van der Waals surface area contributed by atoms with Crippen LogP contribution in [0.1, 0.15) is 79.0 Å². The number of fused-ring (bicyclic) bond motifs is 4.